The van der Waals surface area contributed by atoms with Crippen LogP contribution in [0.3, 0.4) is 0 Å². The number of carbonyl (C=O) groups excluding carboxylic acids is 3. The van der Waals surface area contributed by atoms with Gasteiger partial charge in [0, 0.05) is 17.5 Å². The summed E-state index contributed by atoms with van der Waals surface area (Å²) in [6.45, 7) is 3.11. The first-order valence-electron chi connectivity index (χ1n) is 5.27. The van der Waals surface area contributed by atoms with Gasteiger partial charge in [-0.15, -0.1) is 0 Å². The summed E-state index contributed by atoms with van der Waals surface area (Å²) in [6.07, 6.45) is 0.269. The number of Topliss-reactive ketones (excluding diaryl/α,β-unsaturated/α-hetero) is 2. The normalized spacial score (nSPS) is 9.82. The fourth-order valence-electron chi connectivity index (χ4n) is 1.47. The summed E-state index contributed by atoms with van der Waals surface area (Å²) in [5.41, 5.74) is 0.853. The van der Waals surface area contributed by atoms with Crippen molar-refractivity contribution in [2.75, 3.05) is 7.11 Å². The largest absolute Gasteiger partial charge is 0.465 e. The van der Waals surface area contributed by atoms with Gasteiger partial charge < -0.3 is 4.74 Å². The van der Waals surface area contributed by atoms with Crippen LogP contribution in [0.2, 0.25) is 0 Å². The molecule has 0 aromatic heterocycles. The number of benzene rings is 1. The summed E-state index contributed by atoms with van der Waals surface area (Å²) in [5, 5.41) is 0. The third-order valence-electron chi connectivity index (χ3n) is 2.45. The first-order chi connectivity index (χ1) is 8.01. The van der Waals surface area contributed by atoms with Crippen LogP contribution in [0.1, 0.15) is 51.3 Å². The van der Waals surface area contributed by atoms with Crippen molar-refractivity contribution in [1.29, 1.82) is 0 Å². The summed E-state index contributed by atoms with van der Waals surface area (Å²) in [5.74, 6) is -0.906. The molecule has 4 nitrogen and oxygen atoms in total. The molecule has 0 aliphatic carbocycles. The maximum absolute atomic E-state index is 11.7. The molecule has 0 bridgehead atoms. The number of ether oxygens (including phenoxy) is 1. The van der Waals surface area contributed by atoms with Crippen molar-refractivity contribution < 1.29 is 19.1 Å². The molecule has 0 N–H and O–H groups in total. The zero-order valence-electron chi connectivity index (χ0n) is 10.1. The molecule has 17 heavy (non-hydrogen) atoms. The number of hydrogen-bond donors (Lipinski definition) is 0. The number of carbonyl (C=O) groups is 3. The molecule has 1 aromatic rings. The quantitative estimate of drug-likeness (QED) is 0.592. The molecule has 90 valence electrons. The second-order valence-corrected chi connectivity index (χ2v) is 3.58. The highest BCUT2D eigenvalue weighted by molar-refractivity contribution is 6.08. The Bertz CT molecular complexity index is 474. The van der Waals surface area contributed by atoms with E-state index in [0.717, 1.165) is 0 Å². The van der Waals surface area contributed by atoms with Crippen LogP contribution in [-0.2, 0) is 4.74 Å². The maximum atomic E-state index is 11.7. The van der Waals surface area contributed by atoms with Crippen molar-refractivity contribution >= 4 is 17.5 Å². The second kappa shape index (κ2) is 5.39. The Morgan fingerprint density at radius 3 is 2.29 bits per heavy atom. The van der Waals surface area contributed by atoms with Gasteiger partial charge in [-0.1, -0.05) is 13.0 Å². The van der Waals surface area contributed by atoms with Crippen molar-refractivity contribution in [3.63, 3.8) is 0 Å². The summed E-state index contributed by atoms with van der Waals surface area (Å²) < 4.78 is 4.60. The Labute approximate surface area is 99.6 Å². The third kappa shape index (κ3) is 2.78. The van der Waals surface area contributed by atoms with Gasteiger partial charge in [0.15, 0.2) is 11.6 Å². The van der Waals surface area contributed by atoms with Crippen LogP contribution in [0.4, 0.5) is 0 Å². The molecule has 0 aliphatic heterocycles. The standard InChI is InChI=1S/C13H14O4/c1-4-12(15)11-7-9(8(2)14)5-6-10(11)13(16)17-3/h5-7H,4H2,1-3H3. The first-order valence-corrected chi connectivity index (χ1v) is 5.27. The molecule has 0 saturated heterocycles. The second-order valence-electron chi connectivity index (χ2n) is 3.58. The lowest BCUT2D eigenvalue weighted by molar-refractivity contribution is 0.0596. The zero-order valence-corrected chi connectivity index (χ0v) is 10.1. The lowest BCUT2D eigenvalue weighted by Gasteiger charge is -2.07. The van der Waals surface area contributed by atoms with E-state index in [1.165, 1.54) is 32.2 Å². The van der Waals surface area contributed by atoms with E-state index in [9.17, 15) is 14.4 Å². The van der Waals surface area contributed by atoms with Crippen molar-refractivity contribution in [2.24, 2.45) is 0 Å². The van der Waals surface area contributed by atoms with Crippen LogP contribution in [0.25, 0.3) is 0 Å². The third-order valence-corrected chi connectivity index (χ3v) is 2.45. The molecule has 1 rings (SSSR count). The average molecular weight is 234 g/mol. The van der Waals surface area contributed by atoms with E-state index in [-0.39, 0.29) is 29.1 Å². The van der Waals surface area contributed by atoms with Gasteiger partial charge in [-0.05, 0) is 19.1 Å². The van der Waals surface area contributed by atoms with Crippen molar-refractivity contribution in [3.05, 3.63) is 34.9 Å². The minimum Gasteiger partial charge on any atom is -0.465 e. The van der Waals surface area contributed by atoms with Gasteiger partial charge in [0.25, 0.3) is 0 Å². The van der Waals surface area contributed by atoms with Gasteiger partial charge >= 0.3 is 5.97 Å². The van der Waals surface area contributed by atoms with Crippen LogP contribution in [-0.4, -0.2) is 24.6 Å². The van der Waals surface area contributed by atoms with Gasteiger partial charge in [0.1, 0.15) is 0 Å². The number of esters is 1. The van der Waals surface area contributed by atoms with Gasteiger partial charge in [-0.3, -0.25) is 9.59 Å². The molecular formula is C13H14O4. The average Bonchev–Trinajstić information content (AvgIpc) is 2.35. The minimum atomic E-state index is -0.572. The van der Waals surface area contributed by atoms with Crippen LogP contribution < -0.4 is 0 Å². The summed E-state index contributed by atoms with van der Waals surface area (Å²) >= 11 is 0. The number of ketones is 2. The highest BCUT2D eigenvalue weighted by atomic mass is 16.5. The minimum absolute atomic E-state index is 0.147. The lowest BCUT2D eigenvalue weighted by Crippen LogP contribution is -2.11. The SMILES string of the molecule is CCC(=O)c1cc(C(C)=O)ccc1C(=O)OC. The molecule has 0 spiro atoms. The fourth-order valence-corrected chi connectivity index (χ4v) is 1.47. The molecule has 0 unspecified atom stereocenters. The van der Waals surface area contributed by atoms with Crippen LogP contribution in [0, 0.1) is 0 Å². The Kier molecular flexibility index (Phi) is 4.15. The number of rotatable bonds is 4. The lowest BCUT2D eigenvalue weighted by atomic mass is 9.98. The molecule has 0 amide bonds. The van der Waals surface area contributed by atoms with Gasteiger partial charge in [0.2, 0.25) is 0 Å². The highest BCUT2D eigenvalue weighted by Gasteiger charge is 2.17. The molecule has 0 aliphatic rings. The van der Waals surface area contributed by atoms with E-state index in [0.29, 0.717) is 5.56 Å². The van der Waals surface area contributed by atoms with Crippen molar-refractivity contribution in [3.8, 4) is 0 Å². The molecular weight excluding hydrogens is 220 g/mol. The fraction of sp³-hybridized carbons (Fsp3) is 0.308. The molecule has 1 aromatic carbocycles. The molecule has 4 heteroatoms. The van der Waals surface area contributed by atoms with E-state index in [2.05, 4.69) is 4.74 Å². The van der Waals surface area contributed by atoms with E-state index in [4.69, 9.17) is 0 Å². The Morgan fingerprint density at radius 2 is 1.82 bits per heavy atom. The van der Waals surface area contributed by atoms with Gasteiger partial charge in [0.05, 0.1) is 12.7 Å². The maximum Gasteiger partial charge on any atom is 0.338 e. The zero-order chi connectivity index (χ0) is 13.0. The van der Waals surface area contributed by atoms with Crippen LogP contribution >= 0.6 is 0 Å². The molecule has 0 saturated carbocycles. The predicted molar refractivity (Wildman–Crippen MR) is 62.4 cm³/mol. The smallest absolute Gasteiger partial charge is 0.338 e. The van der Waals surface area contributed by atoms with Gasteiger partial charge in [-0.25, -0.2) is 4.79 Å². The summed E-state index contributed by atoms with van der Waals surface area (Å²) in [7, 11) is 1.25. The summed E-state index contributed by atoms with van der Waals surface area (Å²) in [6, 6.07) is 4.41. The highest BCUT2D eigenvalue weighted by Crippen LogP contribution is 2.16. The van der Waals surface area contributed by atoms with Crippen LogP contribution in [0.5, 0.6) is 0 Å². The first kappa shape index (κ1) is 13.1. The van der Waals surface area contributed by atoms with Crippen LogP contribution in [0.15, 0.2) is 18.2 Å². The Balaban J connectivity index is 3.36. The predicted octanol–water partition coefficient (Wildman–Crippen LogP) is 2.27. The molecule has 0 atom stereocenters. The molecule has 0 heterocycles. The van der Waals surface area contributed by atoms with E-state index in [1.54, 1.807) is 6.92 Å². The Hall–Kier alpha value is -1.97. The van der Waals surface area contributed by atoms with E-state index >= 15 is 0 Å². The molecule has 0 fully saturated rings. The summed E-state index contributed by atoms with van der Waals surface area (Å²) in [4.78, 5) is 34.4. The monoisotopic (exact) mass is 234 g/mol. The Morgan fingerprint density at radius 1 is 1.18 bits per heavy atom. The van der Waals surface area contributed by atoms with E-state index in [1.807, 2.05) is 0 Å². The molecule has 0 radical (unpaired) electrons. The van der Waals surface area contributed by atoms with E-state index < -0.39 is 5.97 Å². The van der Waals surface area contributed by atoms with Crippen molar-refractivity contribution in [2.45, 2.75) is 20.3 Å². The number of methoxy groups -OCH3 is 1. The topological polar surface area (TPSA) is 60.4 Å². The van der Waals surface area contributed by atoms with Crippen molar-refractivity contribution in [1.82, 2.24) is 0 Å². The van der Waals surface area contributed by atoms with Gasteiger partial charge in [-0.2, -0.15) is 0 Å². The number of hydrogen-bond acceptors (Lipinski definition) is 4.